The number of rotatable bonds is 7. The first-order valence-corrected chi connectivity index (χ1v) is 9.11. The van der Waals surface area contributed by atoms with E-state index in [1.807, 2.05) is 0 Å². The minimum Gasteiger partial charge on any atom is -0.309 e. The molecule has 1 fully saturated rings. The standard InChI is InChI=1S/C16H29N3S/c1-4-11-17-15(16-14(6-3)18-19-20-16)13-9-7-12(5-2)8-10-13/h12-13,15,17H,4-11H2,1-3H3. The first kappa shape index (κ1) is 15.9. The van der Waals surface area contributed by atoms with E-state index in [4.69, 9.17) is 0 Å². The van der Waals surface area contributed by atoms with Gasteiger partial charge in [0.05, 0.1) is 10.6 Å². The van der Waals surface area contributed by atoms with Crippen molar-refractivity contribution in [3.63, 3.8) is 0 Å². The lowest BCUT2D eigenvalue weighted by Gasteiger charge is -2.33. The molecule has 1 aliphatic rings. The monoisotopic (exact) mass is 295 g/mol. The largest absolute Gasteiger partial charge is 0.309 e. The van der Waals surface area contributed by atoms with Crippen LogP contribution < -0.4 is 5.32 Å². The molecule has 2 rings (SSSR count). The van der Waals surface area contributed by atoms with Crippen molar-refractivity contribution in [2.45, 2.75) is 71.8 Å². The second kappa shape index (κ2) is 8.08. The molecule has 3 nitrogen and oxygen atoms in total. The molecule has 0 aromatic carbocycles. The van der Waals surface area contributed by atoms with Crippen LogP contribution in [0.4, 0.5) is 0 Å². The van der Waals surface area contributed by atoms with E-state index in [0.29, 0.717) is 6.04 Å². The van der Waals surface area contributed by atoms with Gasteiger partial charge in [-0.25, -0.2) is 0 Å². The summed E-state index contributed by atoms with van der Waals surface area (Å²) in [4.78, 5) is 1.40. The molecule has 1 unspecified atom stereocenters. The molecule has 0 bridgehead atoms. The summed E-state index contributed by atoms with van der Waals surface area (Å²) in [5, 5.41) is 8.10. The van der Waals surface area contributed by atoms with Crippen LogP contribution in [0, 0.1) is 11.8 Å². The highest BCUT2D eigenvalue weighted by atomic mass is 32.1. The zero-order chi connectivity index (χ0) is 14.4. The van der Waals surface area contributed by atoms with Crippen LogP contribution in [-0.4, -0.2) is 16.1 Å². The predicted molar refractivity (Wildman–Crippen MR) is 86.1 cm³/mol. The van der Waals surface area contributed by atoms with Gasteiger partial charge in [0, 0.05) is 6.04 Å². The molecule has 0 spiro atoms. The molecule has 20 heavy (non-hydrogen) atoms. The Kier molecular flexibility index (Phi) is 6.43. The van der Waals surface area contributed by atoms with Gasteiger partial charge in [0.25, 0.3) is 0 Å². The molecule has 1 aromatic rings. The maximum atomic E-state index is 4.32. The quantitative estimate of drug-likeness (QED) is 0.812. The van der Waals surface area contributed by atoms with Gasteiger partial charge in [0.1, 0.15) is 0 Å². The summed E-state index contributed by atoms with van der Waals surface area (Å²) in [6.07, 6.45) is 9.07. The first-order valence-electron chi connectivity index (χ1n) is 8.34. The van der Waals surface area contributed by atoms with Gasteiger partial charge < -0.3 is 5.32 Å². The average molecular weight is 295 g/mol. The molecule has 1 aliphatic carbocycles. The maximum Gasteiger partial charge on any atom is 0.0801 e. The SMILES string of the molecule is CCCNC(c1snnc1CC)C1CCC(CC)CC1. The maximum absolute atomic E-state index is 4.32. The molecular formula is C16H29N3S. The van der Waals surface area contributed by atoms with Crippen molar-refractivity contribution in [2.24, 2.45) is 11.8 Å². The highest BCUT2D eigenvalue weighted by molar-refractivity contribution is 7.05. The van der Waals surface area contributed by atoms with E-state index >= 15 is 0 Å². The summed E-state index contributed by atoms with van der Waals surface area (Å²) in [5.74, 6) is 1.74. The highest BCUT2D eigenvalue weighted by Gasteiger charge is 2.30. The third kappa shape index (κ3) is 3.79. The average Bonchev–Trinajstić information content (AvgIpc) is 2.96. The van der Waals surface area contributed by atoms with E-state index in [2.05, 4.69) is 35.7 Å². The lowest BCUT2D eigenvalue weighted by Crippen LogP contribution is -2.31. The Morgan fingerprint density at radius 1 is 1.20 bits per heavy atom. The Balaban J connectivity index is 2.07. The fourth-order valence-electron chi connectivity index (χ4n) is 3.40. The van der Waals surface area contributed by atoms with Gasteiger partial charge in [0.2, 0.25) is 0 Å². The summed E-state index contributed by atoms with van der Waals surface area (Å²) >= 11 is 1.61. The Labute approximate surface area is 127 Å². The van der Waals surface area contributed by atoms with Crippen molar-refractivity contribution in [1.29, 1.82) is 0 Å². The fourth-order valence-corrected chi connectivity index (χ4v) is 4.31. The van der Waals surface area contributed by atoms with Crippen LogP contribution in [0.1, 0.15) is 75.9 Å². The summed E-state index contributed by atoms with van der Waals surface area (Å²) in [6, 6.07) is 0.489. The number of nitrogens with one attached hydrogen (secondary N) is 1. The van der Waals surface area contributed by atoms with E-state index in [-0.39, 0.29) is 0 Å². The normalized spacial score (nSPS) is 24.8. The summed E-state index contributed by atoms with van der Waals surface area (Å²) in [7, 11) is 0. The molecular weight excluding hydrogens is 266 g/mol. The summed E-state index contributed by atoms with van der Waals surface area (Å²) in [6.45, 7) is 7.86. The third-order valence-electron chi connectivity index (χ3n) is 4.76. The topological polar surface area (TPSA) is 37.8 Å². The van der Waals surface area contributed by atoms with Crippen LogP contribution in [0.25, 0.3) is 0 Å². The number of hydrogen-bond donors (Lipinski definition) is 1. The van der Waals surface area contributed by atoms with Crippen molar-refractivity contribution in [3.8, 4) is 0 Å². The van der Waals surface area contributed by atoms with Crippen LogP contribution in [0.5, 0.6) is 0 Å². The fraction of sp³-hybridized carbons (Fsp3) is 0.875. The van der Waals surface area contributed by atoms with Crippen molar-refractivity contribution in [2.75, 3.05) is 6.54 Å². The van der Waals surface area contributed by atoms with E-state index in [0.717, 1.165) is 24.8 Å². The second-order valence-corrected chi connectivity index (χ2v) is 6.84. The Morgan fingerprint density at radius 2 is 1.95 bits per heavy atom. The van der Waals surface area contributed by atoms with Crippen LogP contribution in [0.15, 0.2) is 0 Å². The minimum absolute atomic E-state index is 0.489. The van der Waals surface area contributed by atoms with Crippen LogP contribution in [0.3, 0.4) is 0 Å². The molecule has 1 atom stereocenters. The molecule has 0 radical (unpaired) electrons. The van der Waals surface area contributed by atoms with Gasteiger partial charge >= 0.3 is 0 Å². The zero-order valence-corrected chi connectivity index (χ0v) is 14.0. The molecule has 0 saturated heterocycles. The second-order valence-electron chi connectivity index (χ2n) is 6.06. The van der Waals surface area contributed by atoms with Gasteiger partial charge in [-0.15, -0.1) is 5.10 Å². The molecule has 0 aliphatic heterocycles. The molecule has 1 heterocycles. The lowest BCUT2D eigenvalue weighted by atomic mass is 9.77. The third-order valence-corrected chi connectivity index (χ3v) is 5.61. The highest BCUT2D eigenvalue weighted by Crippen LogP contribution is 2.39. The molecule has 1 N–H and O–H groups in total. The van der Waals surface area contributed by atoms with Gasteiger partial charge in [-0.1, -0.05) is 44.5 Å². The van der Waals surface area contributed by atoms with E-state index < -0.39 is 0 Å². The summed E-state index contributed by atoms with van der Waals surface area (Å²) in [5.41, 5.74) is 1.21. The summed E-state index contributed by atoms with van der Waals surface area (Å²) < 4.78 is 4.20. The van der Waals surface area contributed by atoms with Gasteiger partial charge in [0.15, 0.2) is 0 Å². The molecule has 1 saturated carbocycles. The Morgan fingerprint density at radius 3 is 2.55 bits per heavy atom. The van der Waals surface area contributed by atoms with Gasteiger partial charge in [-0.05, 0) is 55.6 Å². The molecule has 1 aromatic heterocycles. The number of aromatic nitrogens is 2. The van der Waals surface area contributed by atoms with Crippen molar-refractivity contribution in [1.82, 2.24) is 14.9 Å². The van der Waals surface area contributed by atoms with Gasteiger partial charge in [-0.2, -0.15) is 0 Å². The predicted octanol–water partition coefficient (Wildman–Crippen LogP) is 4.36. The minimum atomic E-state index is 0.489. The van der Waals surface area contributed by atoms with E-state index in [1.54, 1.807) is 11.5 Å². The number of aryl methyl sites for hydroxylation is 1. The van der Waals surface area contributed by atoms with Crippen LogP contribution in [0.2, 0.25) is 0 Å². The lowest BCUT2D eigenvalue weighted by molar-refractivity contribution is 0.220. The van der Waals surface area contributed by atoms with Crippen molar-refractivity contribution < 1.29 is 0 Å². The zero-order valence-electron chi connectivity index (χ0n) is 13.2. The van der Waals surface area contributed by atoms with Crippen LogP contribution in [-0.2, 0) is 6.42 Å². The molecule has 114 valence electrons. The van der Waals surface area contributed by atoms with E-state index in [9.17, 15) is 0 Å². The smallest absolute Gasteiger partial charge is 0.0801 e. The molecule has 4 heteroatoms. The van der Waals surface area contributed by atoms with Crippen molar-refractivity contribution >= 4 is 11.5 Å². The van der Waals surface area contributed by atoms with Crippen LogP contribution >= 0.6 is 11.5 Å². The van der Waals surface area contributed by atoms with Crippen molar-refractivity contribution in [3.05, 3.63) is 10.6 Å². The first-order chi connectivity index (χ1) is 9.80. The number of hydrogen-bond acceptors (Lipinski definition) is 4. The van der Waals surface area contributed by atoms with E-state index in [1.165, 1.54) is 49.1 Å². The Hall–Kier alpha value is -0.480. The Bertz CT molecular complexity index is 383. The number of nitrogens with zero attached hydrogens (tertiary/aromatic N) is 2. The molecule has 0 amide bonds. The van der Waals surface area contributed by atoms with Gasteiger partial charge in [-0.3, -0.25) is 0 Å².